The average molecular weight is 238 g/mol. The van der Waals surface area contributed by atoms with E-state index in [2.05, 4.69) is 27.7 Å². The van der Waals surface area contributed by atoms with Gasteiger partial charge in [-0.3, -0.25) is 4.79 Å². The van der Waals surface area contributed by atoms with Crippen LogP contribution in [0.25, 0.3) is 0 Å². The van der Waals surface area contributed by atoms with Crippen molar-refractivity contribution in [2.24, 2.45) is 17.3 Å². The van der Waals surface area contributed by atoms with Crippen molar-refractivity contribution in [3.63, 3.8) is 0 Å². The molecule has 17 heavy (non-hydrogen) atoms. The fourth-order valence-electron chi connectivity index (χ4n) is 2.99. The molecule has 1 aliphatic carbocycles. The van der Waals surface area contributed by atoms with Gasteiger partial charge < -0.3 is 5.11 Å². The van der Waals surface area contributed by atoms with Gasteiger partial charge in [0.2, 0.25) is 0 Å². The van der Waals surface area contributed by atoms with Crippen molar-refractivity contribution in [3.8, 4) is 0 Å². The molecule has 0 spiro atoms. The molecule has 0 heterocycles. The van der Waals surface area contributed by atoms with Gasteiger partial charge in [-0.1, -0.05) is 38.3 Å². The Bertz CT molecular complexity index is 322. The molecular weight excluding hydrogens is 212 g/mol. The van der Waals surface area contributed by atoms with E-state index in [0.29, 0.717) is 5.41 Å². The number of aliphatic carboxylic acids is 1. The fourth-order valence-corrected chi connectivity index (χ4v) is 2.99. The molecule has 0 aromatic rings. The lowest BCUT2D eigenvalue weighted by atomic mass is 9.56. The van der Waals surface area contributed by atoms with Gasteiger partial charge >= 0.3 is 5.97 Å². The summed E-state index contributed by atoms with van der Waals surface area (Å²) >= 11 is 0. The van der Waals surface area contributed by atoms with Crippen molar-refractivity contribution < 1.29 is 9.90 Å². The van der Waals surface area contributed by atoms with E-state index in [0.717, 1.165) is 18.8 Å². The first kappa shape index (κ1) is 14.3. The Balaban J connectivity index is 2.37. The Hall–Kier alpha value is -0.790. The third kappa shape index (κ3) is 3.11. The molecular formula is C15H26O2. The number of hydrogen-bond donors (Lipinski definition) is 1. The minimum atomic E-state index is -0.664. The lowest BCUT2D eigenvalue weighted by Crippen LogP contribution is -2.38. The highest BCUT2D eigenvalue weighted by Crippen LogP contribution is 2.54. The Morgan fingerprint density at radius 3 is 2.47 bits per heavy atom. The standard InChI is InChI=1S/C15H26O2/c1-10(2)13-9-12(15(13,4)5)8-6-7-11(3)14(16)17/h11-12H,6-9H2,1-5H3,(H,16,17)/t11-,12-/m0/s1. The third-order valence-corrected chi connectivity index (χ3v) is 4.46. The summed E-state index contributed by atoms with van der Waals surface area (Å²) in [5, 5.41) is 8.83. The van der Waals surface area contributed by atoms with Gasteiger partial charge in [0.15, 0.2) is 0 Å². The Morgan fingerprint density at radius 1 is 1.47 bits per heavy atom. The lowest BCUT2D eigenvalue weighted by molar-refractivity contribution is -0.141. The van der Waals surface area contributed by atoms with Crippen molar-refractivity contribution in [1.29, 1.82) is 0 Å². The number of carboxylic acid groups (broad SMARTS) is 1. The maximum absolute atomic E-state index is 10.7. The van der Waals surface area contributed by atoms with Gasteiger partial charge in [0.25, 0.3) is 0 Å². The number of carbonyl (C=O) groups is 1. The second kappa shape index (κ2) is 5.24. The van der Waals surface area contributed by atoms with Gasteiger partial charge in [-0.2, -0.15) is 0 Å². The van der Waals surface area contributed by atoms with E-state index in [4.69, 9.17) is 5.11 Å². The first-order valence-electron chi connectivity index (χ1n) is 6.66. The van der Waals surface area contributed by atoms with Crippen LogP contribution in [-0.4, -0.2) is 11.1 Å². The summed E-state index contributed by atoms with van der Waals surface area (Å²) in [5.41, 5.74) is 3.41. The second-order valence-electron chi connectivity index (χ2n) is 6.27. The van der Waals surface area contributed by atoms with Crippen LogP contribution in [0.2, 0.25) is 0 Å². The normalized spacial score (nSPS) is 24.1. The summed E-state index contributed by atoms with van der Waals surface area (Å²) in [6.45, 7) is 10.8. The van der Waals surface area contributed by atoms with E-state index in [1.807, 2.05) is 0 Å². The van der Waals surface area contributed by atoms with Gasteiger partial charge in [0.05, 0.1) is 5.92 Å². The van der Waals surface area contributed by atoms with Crippen molar-refractivity contribution in [1.82, 2.24) is 0 Å². The van der Waals surface area contributed by atoms with E-state index in [-0.39, 0.29) is 5.92 Å². The molecule has 1 N–H and O–H groups in total. The molecule has 1 rings (SSSR count). The van der Waals surface area contributed by atoms with Crippen LogP contribution in [0.5, 0.6) is 0 Å². The van der Waals surface area contributed by atoms with Crippen LogP contribution in [0.3, 0.4) is 0 Å². The highest BCUT2D eigenvalue weighted by atomic mass is 16.4. The first-order chi connectivity index (χ1) is 7.76. The second-order valence-corrected chi connectivity index (χ2v) is 6.27. The summed E-state index contributed by atoms with van der Waals surface area (Å²) in [4.78, 5) is 10.7. The maximum Gasteiger partial charge on any atom is 0.306 e. The quantitative estimate of drug-likeness (QED) is 0.727. The summed E-state index contributed by atoms with van der Waals surface area (Å²) in [5.74, 6) is -0.114. The highest BCUT2D eigenvalue weighted by Gasteiger charge is 2.42. The summed E-state index contributed by atoms with van der Waals surface area (Å²) < 4.78 is 0. The summed E-state index contributed by atoms with van der Waals surface area (Å²) in [6, 6.07) is 0. The predicted molar refractivity (Wildman–Crippen MR) is 70.9 cm³/mol. The van der Waals surface area contributed by atoms with Crippen molar-refractivity contribution >= 4 is 5.97 Å². The predicted octanol–water partition coefficient (Wildman–Crippen LogP) is 4.26. The Labute approximate surface area is 105 Å². The van der Waals surface area contributed by atoms with Crippen molar-refractivity contribution in [2.45, 2.75) is 60.3 Å². The Kier molecular flexibility index (Phi) is 4.40. The zero-order valence-corrected chi connectivity index (χ0v) is 11.8. The van der Waals surface area contributed by atoms with Gasteiger partial charge in [0.1, 0.15) is 0 Å². The molecule has 1 aliphatic rings. The molecule has 0 bridgehead atoms. The van der Waals surface area contributed by atoms with E-state index in [9.17, 15) is 4.79 Å². The molecule has 2 nitrogen and oxygen atoms in total. The van der Waals surface area contributed by atoms with E-state index < -0.39 is 5.97 Å². The third-order valence-electron chi connectivity index (χ3n) is 4.46. The van der Waals surface area contributed by atoms with Crippen LogP contribution in [0, 0.1) is 17.3 Å². The number of allylic oxidation sites excluding steroid dienone is 2. The maximum atomic E-state index is 10.7. The van der Waals surface area contributed by atoms with Gasteiger partial charge in [-0.25, -0.2) is 0 Å². The van der Waals surface area contributed by atoms with Crippen LogP contribution in [0.1, 0.15) is 60.3 Å². The smallest absolute Gasteiger partial charge is 0.306 e. The summed E-state index contributed by atoms with van der Waals surface area (Å²) in [7, 11) is 0. The summed E-state index contributed by atoms with van der Waals surface area (Å²) in [6.07, 6.45) is 4.24. The highest BCUT2D eigenvalue weighted by molar-refractivity contribution is 5.69. The monoisotopic (exact) mass is 238 g/mol. The number of rotatable bonds is 5. The molecule has 2 atom stereocenters. The molecule has 2 heteroatoms. The van der Waals surface area contributed by atoms with E-state index in [1.54, 1.807) is 12.5 Å². The zero-order valence-electron chi connectivity index (χ0n) is 11.8. The molecule has 0 saturated heterocycles. The Morgan fingerprint density at radius 2 is 2.06 bits per heavy atom. The minimum Gasteiger partial charge on any atom is -0.481 e. The van der Waals surface area contributed by atoms with Crippen LogP contribution >= 0.6 is 0 Å². The van der Waals surface area contributed by atoms with E-state index >= 15 is 0 Å². The first-order valence-corrected chi connectivity index (χ1v) is 6.66. The molecule has 0 radical (unpaired) electrons. The van der Waals surface area contributed by atoms with Crippen molar-refractivity contribution in [2.75, 3.05) is 0 Å². The molecule has 1 fully saturated rings. The zero-order chi connectivity index (χ0) is 13.2. The molecule has 0 aromatic heterocycles. The van der Waals surface area contributed by atoms with Crippen LogP contribution in [-0.2, 0) is 4.79 Å². The minimum absolute atomic E-state index is 0.193. The van der Waals surface area contributed by atoms with Gasteiger partial charge in [-0.15, -0.1) is 0 Å². The number of carboxylic acids is 1. The molecule has 98 valence electrons. The van der Waals surface area contributed by atoms with Crippen LogP contribution < -0.4 is 0 Å². The SMILES string of the molecule is CC(C)=C1C[C@H](CCC[C@H](C)C(=O)O)C1(C)C. The van der Waals surface area contributed by atoms with Crippen molar-refractivity contribution in [3.05, 3.63) is 11.1 Å². The largest absolute Gasteiger partial charge is 0.481 e. The van der Waals surface area contributed by atoms with E-state index in [1.165, 1.54) is 18.4 Å². The average Bonchev–Trinajstić information content (AvgIpc) is 2.20. The lowest BCUT2D eigenvalue weighted by Gasteiger charge is -2.49. The fraction of sp³-hybridized carbons (Fsp3) is 0.800. The molecule has 0 unspecified atom stereocenters. The van der Waals surface area contributed by atoms with Crippen LogP contribution in [0.4, 0.5) is 0 Å². The molecule has 0 amide bonds. The van der Waals surface area contributed by atoms with Gasteiger partial charge in [0, 0.05) is 0 Å². The molecule has 1 saturated carbocycles. The van der Waals surface area contributed by atoms with Crippen LogP contribution in [0.15, 0.2) is 11.1 Å². The van der Waals surface area contributed by atoms with Gasteiger partial charge in [-0.05, 0) is 44.4 Å². The topological polar surface area (TPSA) is 37.3 Å². The molecule has 0 aromatic carbocycles. The number of hydrogen-bond acceptors (Lipinski definition) is 1. The molecule has 0 aliphatic heterocycles.